The van der Waals surface area contributed by atoms with Crippen molar-refractivity contribution in [3.05, 3.63) is 46.2 Å². The fraction of sp³-hybridized carbons (Fsp3) is 0.286. The van der Waals surface area contributed by atoms with E-state index >= 15 is 0 Å². The number of thiazole rings is 1. The molecule has 1 aromatic carbocycles. The van der Waals surface area contributed by atoms with Gasteiger partial charge < -0.3 is 10.1 Å². The summed E-state index contributed by atoms with van der Waals surface area (Å²) >= 11 is 1.45. The van der Waals surface area contributed by atoms with Crippen LogP contribution in [-0.2, 0) is 9.53 Å². The third-order valence-corrected chi connectivity index (χ3v) is 3.38. The first kappa shape index (κ1) is 14.5. The SMILES string of the molecule is CCOC(=O)C(Nc1cccc(F)c1)c1csc(C)n1. The highest BCUT2D eigenvalue weighted by Crippen LogP contribution is 2.23. The number of anilines is 1. The van der Waals surface area contributed by atoms with E-state index in [1.54, 1.807) is 24.4 Å². The van der Waals surface area contributed by atoms with Gasteiger partial charge in [-0.2, -0.15) is 0 Å². The minimum Gasteiger partial charge on any atom is -0.464 e. The first-order valence-corrected chi connectivity index (χ1v) is 7.09. The van der Waals surface area contributed by atoms with Gasteiger partial charge in [0.1, 0.15) is 5.82 Å². The Morgan fingerprint density at radius 3 is 2.95 bits per heavy atom. The van der Waals surface area contributed by atoms with Gasteiger partial charge in [0.25, 0.3) is 0 Å². The normalized spacial score (nSPS) is 11.9. The van der Waals surface area contributed by atoms with Crippen LogP contribution in [0.15, 0.2) is 29.6 Å². The van der Waals surface area contributed by atoms with Crippen LogP contribution in [0.1, 0.15) is 23.7 Å². The van der Waals surface area contributed by atoms with E-state index in [0.717, 1.165) is 5.01 Å². The van der Waals surface area contributed by atoms with Crippen molar-refractivity contribution >= 4 is 23.0 Å². The highest BCUT2D eigenvalue weighted by Gasteiger charge is 2.24. The number of aryl methyl sites for hydroxylation is 1. The molecule has 1 aromatic heterocycles. The minimum absolute atomic E-state index is 0.281. The number of carbonyl (C=O) groups excluding carboxylic acids is 1. The quantitative estimate of drug-likeness (QED) is 0.860. The third-order valence-electron chi connectivity index (χ3n) is 2.59. The Balaban J connectivity index is 2.25. The zero-order chi connectivity index (χ0) is 14.5. The molecule has 1 heterocycles. The molecule has 4 nitrogen and oxygen atoms in total. The van der Waals surface area contributed by atoms with Crippen molar-refractivity contribution in [1.82, 2.24) is 4.98 Å². The van der Waals surface area contributed by atoms with Gasteiger partial charge in [0, 0.05) is 11.1 Å². The van der Waals surface area contributed by atoms with Gasteiger partial charge in [0.15, 0.2) is 6.04 Å². The van der Waals surface area contributed by atoms with Crippen molar-refractivity contribution in [2.45, 2.75) is 19.9 Å². The topological polar surface area (TPSA) is 51.2 Å². The number of hydrogen-bond acceptors (Lipinski definition) is 5. The summed E-state index contributed by atoms with van der Waals surface area (Å²) in [5.74, 6) is -0.797. The van der Waals surface area contributed by atoms with Gasteiger partial charge in [-0.1, -0.05) is 6.07 Å². The zero-order valence-corrected chi connectivity index (χ0v) is 12.0. The van der Waals surface area contributed by atoms with E-state index in [-0.39, 0.29) is 12.4 Å². The van der Waals surface area contributed by atoms with Gasteiger partial charge >= 0.3 is 5.97 Å². The van der Waals surface area contributed by atoms with E-state index in [0.29, 0.717) is 11.4 Å². The lowest BCUT2D eigenvalue weighted by Crippen LogP contribution is -2.23. The first-order valence-electron chi connectivity index (χ1n) is 6.21. The number of aromatic nitrogens is 1. The van der Waals surface area contributed by atoms with Crippen molar-refractivity contribution in [2.75, 3.05) is 11.9 Å². The number of esters is 1. The Kier molecular flexibility index (Phi) is 4.68. The molecule has 0 aliphatic rings. The number of hydrogen-bond donors (Lipinski definition) is 1. The Morgan fingerprint density at radius 1 is 1.55 bits per heavy atom. The highest BCUT2D eigenvalue weighted by atomic mass is 32.1. The molecule has 0 bridgehead atoms. The van der Waals surface area contributed by atoms with E-state index in [2.05, 4.69) is 10.3 Å². The summed E-state index contributed by atoms with van der Waals surface area (Å²) in [6, 6.07) is 5.20. The summed E-state index contributed by atoms with van der Waals surface area (Å²) in [5.41, 5.74) is 1.09. The van der Waals surface area contributed by atoms with Crippen molar-refractivity contribution < 1.29 is 13.9 Å². The predicted molar refractivity (Wildman–Crippen MR) is 76.2 cm³/mol. The summed E-state index contributed by atoms with van der Waals surface area (Å²) in [6.45, 7) is 3.88. The Morgan fingerprint density at radius 2 is 2.35 bits per heavy atom. The highest BCUT2D eigenvalue weighted by molar-refractivity contribution is 7.09. The number of carbonyl (C=O) groups is 1. The monoisotopic (exact) mass is 294 g/mol. The summed E-state index contributed by atoms with van der Waals surface area (Å²) in [5, 5.41) is 5.62. The molecule has 6 heteroatoms. The maximum atomic E-state index is 13.2. The average Bonchev–Trinajstić information content (AvgIpc) is 2.83. The maximum Gasteiger partial charge on any atom is 0.334 e. The molecule has 0 saturated carbocycles. The smallest absolute Gasteiger partial charge is 0.334 e. The molecule has 20 heavy (non-hydrogen) atoms. The lowest BCUT2D eigenvalue weighted by atomic mass is 10.2. The van der Waals surface area contributed by atoms with Crippen LogP contribution in [0.4, 0.5) is 10.1 Å². The van der Waals surface area contributed by atoms with Gasteiger partial charge in [-0.05, 0) is 32.0 Å². The van der Waals surface area contributed by atoms with Crippen LogP contribution in [0.5, 0.6) is 0 Å². The molecule has 1 unspecified atom stereocenters. The standard InChI is InChI=1S/C14H15FN2O2S/c1-3-19-14(18)13(12-8-20-9(2)16-12)17-11-6-4-5-10(15)7-11/h4-8,13,17H,3H2,1-2H3. The predicted octanol–water partition coefficient (Wildman–Crippen LogP) is 3.31. The number of nitrogens with zero attached hydrogens (tertiary/aromatic N) is 1. The second-order valence-corrected chi connectivity index (χ2v) is 5.19. The van der Waals surface area contributed by atoms with Crippen molar-refractivity contribution in [3.8, 4) is 0 Å². The molecule has 2 rings (SSSR count). The molecule has 0 saturated heterocycles. The Labute approximate surface area is 120 Å². The first-order chi connectivity index (χ1) is 9.60. The van der Waals surface area contributed by atoms with Crippen LogP contribution in [0.3, 0.4) is 0 Å². The van der Waals surface area contributed by atoms with Crippen LogP contribution >= 0.6 is 11.3 Å². The summed E-state index contributed by atoms with van der Waals surface area (Å²) < 4.78 is 18.2. The molecule has 0 amide bonds. The second kappa shape index (κ2) is 6.47. The van der Waals surface area contributed by atoms with E-state index in [9.17, 15) is 9.18 Å². The molecule has 106 valence electrons. The fourth-order valence-electron chi connectivity index (χ4n) is 1.74. The largest absolute Gasteiger partial charge is 0.464 e. The maximum absolute atomic E-state index is 13.2. The van der Waals surface area contributed by atoms with Gasteiger partial charge in [-0.25, -0.2) is 14.2 Å². The van der Waals surface area contributed by atoms with Crippen LogP contribution < -0.4 is 5.32 Å². The molecule has 0 spiro atoms. The summed E-state index contributed by atoms with van der Waals surface area (Å²) in [7, 11) is 0. The Hall–Kier alpha value is -1.95. The second-order valence-electron chi connectivity index (χ2n) is 4.13. The lowest BCUT2D eigenvalue weighted by Gasteiger charge is -2.16. The number of rotatable bonds is 5. The molecule has 0 aliphatic carbocycles. The van der Waals surface area contributed by atoms with Gasteiger partial charge in [0.05, 0.1) is 17.3 Å². The number of halogens is 1. The van der Waals surface area contributed by atoms with Crippen LogP contribution in [0.2, 0.25) is 0 Å². The zero-order valence-electron chi connectivity index (χ0n) is 11.2. The Bertz CT molecular complexity index is 600. The number of nitrogens with one attached hydrogen (secondary N) is 1. The van der Waals surface area contributed by atoms with E-state index in [1.807, 2.05) is 6.92 Å². The molecule has 1 atom stereocenters. The van der Waals surface area contributed by atoms with Crippen molar-refractivity contribution in [2.24, 2.45) is 0 Å². The van der Waals surface area contributed by atoms with Crippen molar-refractivity contribution in [3.63, 3.8) is 0 Å². The molecule has 1 N–H and O–H groups in total. The molecule has 0 aliphatic heterocycles. The lowest BCUT2D eigenvalue weighted by molar-refractivity contribution is -0.144. The van der Waals surface area contributed by atoms with Gasteiger partial charge in [0.2, 0.25) is 0 Å². The number of ether oxygens (including phenoxy) is 1. The molecule has 0 fully saturated rings. The molecule has 0 radical (unpaired) electrons. The van der Waals surface area contributed by atoms with Crippen molar-refractivity contribution in [1.29, 1.82) is 0 Å². The van der Waals surface area contributed by atoms with E-state index in [4.69, 9.17) is 4.74 Å². The average molecular weight is 294 g/mol. The van der Waals surface area contributed by atoms with Crippen LogP contribution in [-0.4, -0.2) is 17.6 Å². The van der Waals surface area contributed by atoms with E-state index in [1.165, 1.54) is 23.5 Å². The van der Waals surface area contributed by atoms with Gasteiger partial charge in [-0.3, -0.25) is 0 Å². The minimum atomic E-state index is -0.735. The fourth-order valence-corrected chi connectivity index (χ4v) is 2.38. The summed E-state index contributed by atoms with van der Waals surface area (Å²) in [6.07, 6.45) is 0. The van der Waals surface area contributed by atoms with Crippen LogP contribution in [0, 0.1) is 12.7 Å². The van der Waals surface area contributed by atoms with Crippen LogP contribution in [0.25, 0.3) is 0 Å². The van der Waals surface area contributed by atoms with Gasteiger partial charge in [-0.15, -0.1) is 11.3 Å². The third kappa shape index (κ3) is 3.54. The molecular weight excluding hydrogens is 279 g/mol. The molecule has 2 aromatic rings. The molecular formula is C14H15FN2O2S. The van der Waals surface area contributed by atoms with E-state index < -0.39 is 12.0 Å². The number of benzene rings is 1. The summed E-state index contributed by atoms with van der Waals surface area (Å²) in [4.78, 5) is 16.3.